The second kappa shape index (κ2) is 4.02. The molecule has 5 nitrogen and oxygen atoms in total. The number of hydrogen-bond donors (Lipinski definition) is 4. The number of carbonyl (C=O) groups excluding carboxylic acids is 1. The molecule has 0 spiro atoms. The minimum atomic E-state index is -1.45. The van der Waals surface area contributed by atoms with Crippen LogP contribution in [0.5, 0.6) is 0 Å². The number of hydrogen-bond acceptors (Lipinski definition) is 4. The molecular weight excluding hydrogens is 195 g/mol. The van der Waals surface area contributed by atoms with E-state index in [-0.39, 0.29) is 11.9 Å². The molecule has 1 fully saturated rings. The van der Waals surface area contributed by atoms with Crippen LogP contribution in [0.3, 0.4) is 0 Å². The lowest BCUT2D eigenvalue weighted by Gasteiger charge is -2.09. The zero-order chi connectivity index (χ0) is 10.8. The highest BCUT2D eigenvalue weighted by molar-refractivity contribution is 6.58. The molecule has 1 atom stereocenters. The topological polar surface area (TPSA) is 81.6 Å². The zero-order valence-electron chi connectivity index (χ0n) is 7.97. The van der Waals surface area contributed by atoms with Crippen molar-refractivity contribution in [2.75, 3.05) is 0 Å². The van der Waals surface area contributed by atoms with Crippen molar-refractivity contribution < 1.29 is 14.8 Å². The van der Waals surface area contributed by atoms with Gasteiger partial charge in [0.15, 0.2) is 0 Å². The van der Waals surface area contributed by atoms with Crippen LogP contribution in [0.1, 0.15) is 18.0 Å². The molecule has 1 aliphatic heterocycles. The summed E-state index contributed by atoms with van der Waals surface area (Å²) in [5, 5.41) is 17.8. The zero-order valence-corrected chi connectivity index (χ0v) is 7.97. The summed E-state index contributed by atoms with van der Waals surface area (Å²) in [7, 11) is -1.45. The Kier molecular flexibility index (Phi) is 2.72. The van der Waals surface area contributed by atoms with E-state index in [1.807, 2.05) is 0 Å². The van der Waals surface area contributed by atoms with Crippen LogP contribution >= 0.6 is 0 Å². The monoisotopic (exact) mass is 206 g/mol. The Bertz CT molecular complexity index is 366. The molecule has 1 saturated heterocycles. The Morgan fingerprint density at radius 3 is 2.40 bits per heavy atom. The van der Waals surface area contributed by atoms with Gasteiger partial charge < -0.3 is 10.0 Å². The quantitative estimate of drug-likeness (QED) is 0.441. The van der Waals surface area contributed by atoms with Crippen LogP contribution in [0.4, 0.5) is 0 Å². The van der Waals surface area contributed by atoms with Crippen molar-refractivity contribution in [3.05, 3.63) is 29.8 Å². The van der Waals surface area contributed by atoms with Crippen LogP contribution in [0.25, 0.3) is 0 Å². The molecule has 0 aromatic heterocycles. The molecule has 15 heavy (non-hydrogen) atoms. The van der Waals surface area contributed by atoms with E-state index in [0.717, 1.165) is 5.56 Å². The van der Waals surface area contributed by atoms with E-state index in [0.29, 0.717) is 11.9 Å². The van der Waals surface area contributed by atoms with Gasteiger partial charge in [-0.1, -0.05) is 24.3 Å². The van der Waals surface area contributed by atoms with Crippen LogP contribution in [0, 0.1) is 0 Å². The molecule has 1 aliphatic rings. The lowest BCUT2D eigenvalue weighted by molar-refractivity contribution is -0.119. The van der Waals surface area contributed by atoms with E-state index in [1.165, 1.54) is 0 Å². The third-order valence-corrected chi connectivity index (χ3v) is 2.41. The summed E-state index contributed by atoms with van der Waals surface area (Å²) in [6, 6.07) is 6.76. The van der Waals surface area contributed by atoms with E-state index in [4.69, 9.17) is 10.0 Å². The van der Waals surface area contributed by atoms with E-state index in [2.05, 4.69) is 10.9 Å². The smallest absolute Gasteiger partial charge is 0.423 e. The van der Waals surface area contributed by atoms with Gasteiger partial charge in [0.2, 0.25) is 5.91 Å². The van der Waals surface area contributed by atoms with Gasteiger partial charge in [-0.25, -0.2) is 5.43 Å². The van der Waals surface area contributed by atoms with Gasteiger partial charge in [0.05, 0.1) is 6.04 Å². The molecule has 6 heteroatoms. The molecule has 1 heterocycles. The largest absolute Gasteiger partial charge is 0.488 e. The summed E-state index contributed by atoms with van der Waals surface area (Å²) in [6.45, 7) is 0. The maximum absolute atomic E-state index is 10.9. The Labute approximate surface area is 87.2 Å². The molecule has 0 unspecified atom stereocenters. The molecule has 1 amide bonds. The lowest BCUT2D eigenvalue weighted by Crippen LogP contribution is -2.30. The van der Waals surface area contributed by atoms with Crippen LogP contribution in [0.15, 0.2) is 24.3 Å². The number of rotatable bonds is 2. The summed E-state index contributed by atoms with van der Waals surface area (Å²) in [5.41, 5.74) is 6.75. The fourth-order valence-corrected chi connectivity index (χ4v) is 1.56. The third-order valence-electron chi connectivity index (χ3n) is 2.41. The molecule has 4 N–H and O–H groups in total. The van der Waals surface area contributed by atoms with Crippen molar-refractivity contribution in [2.45, 2.75) is 12.5 Å². The average molecular weight is 206 g/mol. The van der Waals surface area contributed by atoms with Crippen molar-refractivity contribution in [1.82, 2.24) is 10.9 Å². The predicted molar refractivity (Wildman–Crippen MR) is 54.9 cm³/mol. The first-order valence-corrected chi connectivity index (χ1v) is 4.67. The van der Waals surface area contributed by atoms with Gasteiger partial charge >= 0.3 is 7.12 Å². The SMILES string of the molecule is O=C1C[C@H](c2ccc(B(O)O)cc2)NN1. The van der Waals surface area contributed by atoms with Crippen LogP contribution in [-0.2, 0) is 4.79 Å². The second-order valence-corrected chi connectivity index (χ2v) is 3.49. The summed E-state index contributed by atoms with van der Waals surface area (Å²) in [4.78, 5) is 10.9. The predicted octanol–water partition coefficient (Wildman–Crippen LogP) is -1.57. The van der Waals surface area contributed by atoms with Gasteiger partial charge in [-0.2, -0.15) is 0 Å². The van der Waals surface area contributed by atoms with E-state index in [1.54, 1.807) is 24.3 Å². The van der Waals surface area contributed by atoms with Crippen LogP contribution in [-0.4, -0.2) is 23.1 Å². The van der Waals surface area contributed by atoms with Gasteiger partial charge in [0, 0.05) is 6.42 Å². The Morgan fingerprint density at radius 2 is 1.93 bits per heavy atom. The standard InChI is InChI=1S/C9H11BN2O3/c13-9-5-8(11-12-9)6-1-3-7(4-2-6)10(14)15/h1-4,8,11,14-15H,5H2,(H,12,13)/t8-/m1/s1. The molecule has 1 aromatic carbocycles. The summed E-state index contributed by atoms with van der Waals surface area (Å²) in [5.74, 6) is -0.0359. The van der Waals surface area contributed by atoms with Gasteiger partial charge in [-0.05, 0) is 11.0 Å². The number of carbonyl (C=O) groups is 1. The molecule has 2 rings (SSSR count). The molecule has 0 aliphatic carbocycles. The lowest BCUT2D eigenvalue weighted by atomic mass is 9.80. The molecule has 1 aromatic rings. The fraction of sp³-hybridized carbons (Fsp3) is 0.222. The highest BCUT2D eigenvalue weighted by atomic mass is 16.4. The summed E-state index contributed by atoms with van der Waals surface area (Å²) < 4.78 is 0. The normalized spacial score (nSPS) is 20.1. The Morgan fingerprint density at radius 1 is 1.27 bits per heavy atom. The van der Waals surface area contributed by atoms with Crippen molar-refractivity contribution in [3.63, 3.8) is 0 Å². The summed E-state index contributed by atoms with van der Waals surface area (Å²) in [6.07, 6.45) is 0.404. The molecule has 0 bridgehead atoms. The highest BCUT2D eigenvalue weighted by Crippen LogP contribution is 2.17. The van der Waals surface area contributed by atoms with Crippen molar-refractivity contribution in [2.24, 2.45) is 0 Å². The first-order chi connectivity index (χ1) is 7.16. The van der Waals surface area contributed by atoms with Gasteiger partial charge in [0.1, 0.15) is 0 Å². The van der Waals surface area contributed by atoms with E-state index < -0.39 is 7.12 Å². The van der Waals surface area contributed by atoms with E-state index in [9.17, 15) is 4.79 Å². The van der Waals surface area contributed by atoms with Crippen molar-refractivity contribution in [1.29, 1.82) is 0 Å². The number of nitrogens with one attached hydrogen (secondary N) is 2. The second-order valence-electron chi connectivity index (χ2n) is 3.49. The van der Waals surface area contributed by atoms with E-state index >= 15 is 0 Å². The Balaban J connectivity index is 2.13. The molecule has 78 valence electrons. The number of hydrazine groups is 1. The fourth-order valence-electron chi connectivity index (χ4n) is 1.56. The minimum Gasteiger partial charge on any atom is -0.423 e. The van der Waals surface area contributed by atoms with Crippen molar-refractivity contribution >= 4 is 18.5 Å². The van der Waals surface area contributed by atoms with Crippen LogP contribution in [0.2, 0.25) is 0 Å². The Hall–Kier alpha value is -1.37. The highest BCUT2D eigenvalue weighted by Gasteiger charge is 2.22. The molecule has 0 radical (unpaired) electrons. The maximum Gasteiger partial charge on any atom is 0.488 e. The number of benzene rings is 1. The van der Waals surface area contributed by atoms with Crippen LogP contribution < -0.4 is 16.3 Å². The van der Waals surface area contributed by atoms with Gasteiger partial charge in [-0.15, -0.1) is 0 Å². The van der Waals surface area contributed by atoms with Gasteiger partial charge in [0.25, 0.3) is 0 Å². The van der Waals surface area contributed by atoms with Crippen molar-refractivity contribution in [3.8, 4) is 0 Å². The molecular formula is C9H11BN2O3. The average Bonchev–Trinajstić information content (AvgIpc) is 2.65. The van der Waals surface area contributed by atoms with Gasteiger partial charge in [-0.3, -0.25) is 10.2 Å². The minimum absolute atomic E-state index is 0.0359. The maximum atomic E-state index is 10.9. The summed E-state index contributed by atoms with van der Waals surface area (Å²) >= 11 is 0. The third kappa shape index (κ3) is 2.17. The molecule has 0 saturated carbocycles. The first-order valence-electron chi connectivity index (χ1n) is 4.67. The number of amides is 1. The first kappa shape index (κ1) is 10.2.